The van der Waals surface area contributed by atoms with E-state index in [4.69, 9.17) is 0 Å². The van der Waals surface area contributed by atoms with Crippen molar-refractivity contribution in [2.75, 3.05) is 0 Å². The second kappa shape index (κ2) is 10.4. The average Bonchev–Trinajstić information content (AvgIpc) is 3.36. The summed E-state index contributed by atoms with van der Waals surface area (Å²) in [6, 6.07) is 27.5. The highest BCUT2D eigenvalue weighted by atomic mass is 16.2. The summed E-state index contributed by atoms with van der Waals surface area (Å²) >= 11 is 0. The van der Waals surface area contributed by atoms with Crippen molar-refractivity contribution in [2.45, 2.75) is 18.3 Å². The van der Waals surface area contributed by atoms with Crippen LogP contribution in [0.5, 0.6) is 0 Å². The number of carbonyl (C=O) groups excluding carboxylic acids is 4. The summed E-state index contributed by atoms with van der Waals surface area (Å²) in [6.07, 6.45) is 0.365. The number of aromatic nitrogens is 4. The van der Waals surface area contributed by atoms with Crippen LogP contribution in [0, 0.1) is 0 Å². The Hall–Kier alpha value is -6.68. The second-order valence-corrected chi connectivity index (χ2v) is 12.4. The number of hydrogen-bond donors (Lipinski definition) is 2. The molecule has 234 valence electrons. The Morgan fingerprint density at radius 1 is 0.490 bits per heavy atom. The molecule has 2 heterocycles. The lowest BCUT2D eigenvalue weighted by Crippen LogP contribution is -2.30. The number of benzene rings is 5. The van der Waals surface area contributed by atoms with Crippen LogP contribution in [0.4, 0.5) is 0 Å². The summed E-state index contributed by atoms with van der Waals surface area (Å²) in [5.74, 6) is -4.06. The van der Waals surface area contributed by atoms with E-state index in [9.17, 15) is 28.8 Å². The number of Topliss-reactive ketones (excluding diaryl/α,β-unsaturated/α-hetero) is 4. The molecule has 2 N–H and O–H groups in total. The van der Waals surface area contributed by atoms with Crippen molar-refractivity contribution in [2.24, 2.45) is 0 Å². The van der Waals surface area contributed by atoms with Crippen molar-refractivity contribution in [1.29, 1.82) is 0 Å². The fraction of sp³-hybridized carbons (Fsp3) is 0.0769. The molecule has 0 unspecified atom stereocenters. The van der Waals surface area contributed by atoms with E-state index in [-0.39, 0.29) is 17.0 Å². The zero-order valence-electron chi connectivity index (χ0n) is 25.4. The van der Waals surface area contributed by atoms with Gasteiger partial charge in [-0.2, -0.15) is 0 Å². The van der Waals surface area contributed by atoms with Crippen LogP contribution in [0.3, 0.4) is 0 Å². The highest BCUT2D eigenvalue weighted by Crippen LogP contribution is 2.36. The van der Waals surface area contributed by atoms with Crippen LogP contribution in [-0.4, -0.2) is 43.1 Å². The van der Waals surface area contributed by atoms with Gasteiger partial charge in [0, 0.05) is 27.6 Å². The van der Waals surface area contributed by atoms with E-state index >= 15 is 0 Å². The highest BCUT2D eigenvalue weighted by Gasteiger charge is 2.41. The monoisotopic (exact) mass is 642 g/mol. The summed E-state index contributed by atoms with van der Waals surface area (Å²) in [6.45, 7) is 0. The summed E-state index contributed by atoms with van der Waals surface area (Å²) in [4.78, 5) is 94.0. The topological polar surface area (TPSA) is 160 Å². The number of carbonyl (C=O) groups is 4. The summed E-state index contributed by atoms with van der Waals surface area (Å²) in [7, 11) is 0. The summed E-state index contributed by atoms with van der Waals surface area (Å²) in [5, 5.41) is 1.99. The summed E-state index contributed by atoms with van der Waals surface area (Å²) < 4.78 is 0. The molecule has 2 aromatic heterocycles. The summed E-state index contributed by atoms with van der Waals surface area (Å²) in [5.41, 5.74) is 2.72. The molecule has 0 saturated carbocycles. The minimum Gasteiger partial charge on any atom is -0.309 e. The van der Waals surface area contributed by atoms with Gasteiger partial charge in [0.15, 0.2) is 23.1 Å². The van der Waals surface area contributed by atoms with Gasteiger partial charge in [0.25, 0.3) is 11.1 Å². The van der Waals surface area contributed by atoms with Gasteiger partial charge < -0.3 is 9.97 Å². The third-order valence-electron chi connectivity index (χ3n) is 9.47. The number of hydrogen-bond acceptors (Lipinski definition) is 8. The Bertz CT molecular complexity index is 2710. The van der Waals surface area contributed by atoms with Gasteiger partial charge in [-0.1, -0.05) is 72.8 Å². The van der Waals surface area contributed by atoms with Gasteiger partial charge in [0.05, 0.1) is 21.8 Å². The molecule has 0 fully saturated rings. The van der Waals surface area contributed by atoms with Crippen LogP contribution in [0.2, 0.25) is 0 Å². The van der Waals surface area contributed by atoms with Crippen LogP contribution in [-0.2, 0) is 6.42 Å². The quantitative estimate of drug-likeness (QED) is 0.247. The molecule has 7 aromatic rings. The molecule has 0 aliphatic heterocycles. The zero-order chi connectivity index (χ0) is 33.6. The predicted octanol–water partition coefficient (Wildman–Crippen LogP) is 5.23. The lowest BCUT2D eigenvalue weighted by Gasteiger charge is -2.22. The van der Waals surface area contributed by atoms with E-state index < -0.39 is 46.1 Å². The number of nitrogens with one attached hydrogen (secondary N) is 2. The van der Waals surface area contributed by atoms with Gasteiger partial charge in [-0.15, -0.1) is 0 Å². The van der Waals surface area contributed by atoms with Crippen molar-refractivity contribution in [3.8, 4) is 0 Å². The van der Waals surface area contributed by atoms with Crippen LogP contribution < -0.4 is 11.1 Å². The number of ketones is 4. The minimum absolute atomic E-state index is 0.00253. The van der Waals surface area contributed by atoms with Crippen molar-refractivity contribution in [1.82, 2.24) is 19.9 Å². The standard InChI is InChI=1S/C39H22N4O6/c44-32-21-7-1-2-8-22(21)33(45)30(32)36-40-27-13-11-18(16-25(27)38(48)42-36)15-19-12-14-28-26(17-19)39(49)43-37(41-28)31-34(46)23-9-3-5-20-6-4-10-24(29(20)23)35(31)47/h1-14,16-17,30-31H,15H2,(H,40,42,48)(H,41,43,49). The second-order valence-electron chi connectivity index (χ2n) is 12.4. The van der Waals surface area contributed by atoms with Gasteiger partial charge in [0.1, 0.15) is 23.5 Å². The molecule has 9 rings (SSSR count). The Morgan fingerprint density at radius 3 is 1.39 bits per heavy atom. The molecule has 0 spiro atoms. The molecule has 10 nitrogen and oxygen atoms in total. The van der Waals surface area contributed by atoms with Crippen LogP contribution in [0.1, 0.15) is 76.0 Å². The number of rotatable bonds is 4. The lowest BCUT2D eigenvalue weighted by atomic mass is 9.79. The largest absolute Gasteiger partial charge is 0.309 e. The van der Waals surface area contributed by atoms with E-state index in [1.165, 1.54) is 0 Å². The molecule has 0 radical (unpaired) electrons. The first-order valence-electron chi connectivity index (χ1n) is 15.6. The maximum atomic E-state index is 13.6. The van der Waals surface area contributed by atoms with Gasteiger partial charge >= 0.3 is 0 Å². The van der Waals surface area contributed by atoms with Gasteiger partial charge in [-0.3, -0.25) is 28.8 Å². The Labute approximate surface area is 275 Å². The molecular formula is C39H22N4O6. The molecule has 5 aromatic carbocycles. The third-order valence-corrected chi connectivity index (χ3v) is 9.47. The third kappa shape index (κ3) is 4.27. The van der Waals surface area contributed by atoms with Gasteiger partial charge in [0.2, 0.25) is 0 Å². The fourth-order valence-corrected chi connectivity index (χ4v) is 7.16. The van der Waals surface area contributed by atoms with E-state index in [2.05, 4.69) is 19.9 Å². The molecule has 0 bridgehead atoms. The van der Waals surface area contributed by atoms with Crippen molar-refractivity contribution in [3.05, 3.63) is 163 Å². The first-order chi connectivity index (χ1) is 23.8. The van der Waals surface area contributed by atoms with Gasteiger partial charge in [-0.05, 0) is 47.2 Å². The highest BCUT2D eigenvalue weighted by molar-refractivity contribution is 6.32. The Balaban J connectivity index is 1.02. The molecule has 2 aliphatic carbocycles. The molecule has 0 atom stereocenters. The van der Waals surface area contributed by atoms with E-state index in [0.717, 1.165) is 16.5 Å². The number of aromatic amines is 2. The Kier molecular flexibility index (Phi) is 6.06. The molecule has 2 aliphatic rings. The number of H-pyrrole nitrogens is 2. The normalized spacial score (nSPS) is 14.8. The van der Waals surface area contributed by atoms with Crippen LogP contribution >= 0.6 is 0 Å². The van der Waals surface area contributed by atoms with Gasteiger partial charge in [-0.25, -0.2) is 9.97 Å². The van der Waals surface area contributed by atoms with Crippen molar-refractivity contribution < 1.29 is 19.2 Å². The van der Waals surface area contributed by atoms with E-state index in [1.54, 1.807) is 84.9 Å². The van der Waals surface area contributed by atoms with Crippen molar-refractivity contribution in [3.63, 3.8) is 0 Å². The van der Waals surface area contributed by atoms with Crippen LogP contribution in [0.25, 0.3) is 32.6 Å². The molecule has 0 amide bonds. The van der Waals surface area contributed by atoms with Crippen molar-refractivity contribution >= 4 is 55.7 Å². The smallest absolute Gasteiger partial charge is 0.258 e. The fourth-order valence-electron chi connectivity index (χ4n) is 7.16. The maximum absolute atomic E-state index is 13.6. The molecule has 10 heteroatoms. The molecule has 49 heavy (non-hydrogen) atoms. The van der Waals surface area contributed by atoms with E-state index in [1.807, 2.05) is 12.1 Å². The maximum Gasteiger partial charge on any atom is 0.258 e. The average molecular weight is 643 g/mol. The zero-order valence-corrected chi connectivity index (χ0v) is 25.4. The molecular weight excluding hydrogens is 620 g/mol. The minimum atomic E-state index is -1.26. The lowest BCUT2D eigenvalue weighted by molar-refractivity contribution is 0.0845. The van der Waals surface area contributed by atoms with E-state index in [0.29, 0.717) is 50.5 Å². The number of nitrogens with zero attached hydrogens (tertiary/aromatic N) is 2. The Morgan fingerprint density at radius 2 is 0.918 bits per heavy atom. The first-order valence-corrected chi connectivity index (χ1v) is 15.6. The predicted molar refractivity (Wildman–Crippen MR) is 181 cm³/mol. The first kappa shape index (κ1) is 28.5. The number of fused-ring (bicyclic) bond motifs is 3. The van der Waals surface area contributed by atoms with Crippen LogP contribution in [0.15, 0.2) is 107 Å². The SMILES string of the molecule is O=C1c2ccccc2C(=O)C1c1nc2ccc(Cc3ccc4nc(C5C(=O)c6cccc7cccc(c67)C5=O)[nH]c(=O)c4c3)cc2c(=O)[nH]1. The molecule has 0 saturated heterocycles.